The van der Waals surface area contributed by atoms with E-state index in [-0.39, 0.29) is 0 Å². The SMILES string of the molecule is CC(C)(C)OC(=O)C[C@@H](CC(F)(F)F)C(=O)O. The van der Waals surface area contributed by atoms with Gasteiger partial charge in [0, 0.05) is 0 Å². The van der Waals surface area contributed by atoms with E-state index in [2.05, 4.69) is 0 Å². The molecule has 0 radical (unpaired) electrons. The highest BCUT2D eigenvalue weighted by Gasteiger charge is 2.37. The minimum absolute atomic E-state index is 0.786. The summed E-state index contributed by atoms with van der Waals surface area (Å²) in [6.45, 7) is 4.64. The zero-order valence-corrected chi connectivity index (χ0v) is 9.80. The monoisotopic (exact) mass is 256 g/mol. The van der Waals surface area contributed by atoms with Crippen LogP contribution in [0.15, 0.2) is 0 Å². The predicted molar refractivity (Wildman–Crippen MR) is 52.3 cm³/mol. The Kier molecular flexibility index (Phi) is 4.97. The first-order chi connectivity index (χ1) is 7.41. The smallest absolute Gasteiger partial charge is 0.389 e. The molecule has 17 heavy (non-hydrogen) atoms. The van der Waals surface area contributed by atoms with Gasteiger partial charge in [0.15, 0.2) is 0 Å². The molecule has 0 spiro atoms. The van der Waals surface area contributed by atoms with Crippen molar-refractivity contribution in [1.29, 1.82) is 0 Å². The minimum atomic E-state index is -4.62. The lowest BCUT2D eigenvalue weighted by molar-refractivity contribution is -0.171. The summed E-state index contributed by atoms with van der Waals surface area (Å²) in [4.78, 5) is 21.8. The molecule has 0 aliphatic carbocycles. The van der Waals surface area contributed by atoms with E-state index in [4.69, 9.17) is 9.84 Å². The average molecular weight is 256 g/mol. The largest absolute Gasteiger partial charge is 0.481 e. The molecule has 0 aliphatic rings. The van der Waals surface area contributed by atoms with E-state index in [1.165, 1.54) is 0 Å². The van der Waals surface area contributed by atoms with Gasteiger partial charge in [-0.1, -0.05) is 0 Å². The molecule has 0 unspecified atom stereocenters. The van der Waals surface area contributed by atoms with Gasteiger partial charge in [0.2, 0.25) is 0 Å². The van der Waals surface area contributed by atoms with Crippen molar-refractivity contribution < 1.29 is 32.6 Å². The zero-order valence-electron chi connectivity index (χ0n) is 9.80. The van der Waals surface area contributed by atoms with Gasteiger partial charge >= 0.3 is 18.1 Å². The number of rotatable bonds is 4. The number of hydrogen-bond donors (Lipinski definition) is 1. The maximum Gasteiger partial charge on any atom is 0.389 e. The van der Waals surface area contributed by atoms with Crippen molar-refractivity contribution in [3.63, 3.8) is 0 Å². The quantitative estimate of drug-likeness (QED) is 0.784. The number of esters is 1. The number of alkyl halides is 3. The van der Waals surface area contributed by atoms with E-state index in [1.54, 1.807) is 20.8 Å². The number of carbonyl (C=O) groups excluding carboxylic acids is 1. The third-order valence-corrected chi connectivity index (χ3v) is 1.66. The number of halogens is 3. The van der Waals surface area contributed by atoms with E-state index < -0.39 is 42.5 Å². The second kappa shape index (κ2) is 5.37. The van der Waals surface area contributed by atoms with Gasteiger partial charge in [0.1, 0.15) is 5.60 Å². The summed E-state index contributed by atoms with van der Waals surface area (Å²) in [6.07, 6.45) is -6.95. The molecule has 0 fully saturated rings. The molecule has 0 saturated heterocycles. The Bertz CT molecular complexity index is 291. The van der Waals surface area contributed by atoms with Crippen LogP contribution < -0.4 is 0 Å². The predicted octanol–water partition coefficient (Wildman–Crippen LogP) is 2.37. The lowest BCUT2D eigenvalue weighted by atomic mass is 10.0. The van der Waals surface area contributed by atoms with Crippen molar-refractivity contribution in [1.82, 2.24) is 0 Å². The van der Waals surface area contributed by atoms with Crippen molar-refractivity contribution in [3.05, 3.63) is 0 Å². The first-order valence-electron chi connectivity index (χ1n) is 4.92. The van der Waals surface area contributed by atoms with E-state index >= 15 is 0 Å². The Balaban J connectivity index is 4.47. The maximum atomic E-state index is 12.0. The van der Waals surface area contributed by atoms with Crippen LogP contribution in [0.2, 0.25) is 0 Å². The van der Waals surface area contributed by atoms with Crippen LogP contribution in [0.4, 0.5) is 13.2 Å². The van der Waals surface area contributed by atoms with Crippen LogP contribution in [0.1, 0.15) is 33.6 Å². The lowest BCUT2D eigenvalue weighted by Gasteiger charge is -2.21. The van der Waals surface area contributed by atoms with Crippen molar-refractivity contribution in [2.24, 2.45) is 5.92 Å². The molecule has 0 aromatic rings. The molecule has 0 amide bonds. The van der Waals surface area contributed by atoms with E-state index in [9.17, 15) is 22.8 Å². The van der Waals surface area contributed by atoms with Gasteiger partial charge in [-0.25, -0.2) is 0 Å². The fourth-order valence-corrected chi connectivity index (χ4v) is 1.11. The van der Waals surface area contributed by atoms with E-state index in [0.717, 1.165) is 0 Å². The molecular weight excluding hydrogens is 241 g/mol. The molecule has 1 atom stereocenters. The molecule has 0 bridgehead atoms. The van der Waals surface area contributed by atoms with Crippen molar-refractivity contribution >= 4 is 11.9 Å². The van der Waals surface area contributed by atoms with Gasteiger partial charge in [-0.05, 0) is 20.8 Å². The summed E-state index contributed by atoms with van der Waals surface area (Å²) >= 11 is 0. The molecule has 0 rings (SSSR count). The number of carboxylic acid groups (broad SMARTS) is 1. The van der Waals surface area contributed by atoms with Gasteiger partial charge in [-0.3, -0.25) is 9.59 Å². The maximum absolute atomic E-state index is 12.0. The topological polar surface area (TPSA) is 63.6 Å². The summed E-state index contributed by atoms with van der Waals surface area (Å²) in [5.74, 6) is -4.41. The van der Waals surface area contributed by atoms with Crippen LogP contribution >= 0.6 is 0 Å². The molecule has 0 aromatic carbocycles. The van der Waals surface area contributed by atoms with Gasteiger partial charge in [0.05, 0.1) is 18.8 Å². The molecular formula is C10H15F3O4. The minimum Gasteiger partial charge on any atom is -0.481 e. The summed E-state index contributed by atoms with van der Waals surface area (Å²) in [5, 5.41) is 8.58. The number of carboxylic acids is 1. The van der Waals surface area contributed by atoms with Gasteiger partial charge in [-0.2, -0.15) is 13.2 Å². The third-order valence-electron chi connectivity index (χ3n) is 1.66. The molecule has 0 heterocycles. The molecule has 1 N–H and O–H groups in total. The summed E-state index contributed by atoms with van der Waals surface area (Å²) < 4.78 is 40.9. The second-order valence-electron chi connectivity index (χ2n) is 4.65. The number of ether oxygens (including phenoxy) is 1. The van der Waals surface area contributed by atoms with Gasteiger partial charge in [-0.15, -0.1) is 0 Å². The first-order valence-corrected chi connectivity index (χ1v) is 4.92. The van der Waals surface area contributed by atoms with Gasteiger partial charge in [0.25, 0.3) is 0 Å². The van der Waals surface area contributed by atoms with Crippen molar-refractivity contribution in [3.8, 4) is 0 Å². The first kappa shape index (κ1) is 15.7. The van der Waals surface area contributed by atoms with E-state index in [1.807, 2.05) is 0 Å². The standard InChI is InChI=1S/C10H15F3O4/c1-9(2,3)17-7(14)4-6(8(15)16)5-10(11,12)13/h6H,4-5H2,1-3H3,(H,15,16)/t6-/m0/s1. The van der Waals surface area contributed by atoms with Crippen LogP contribution in [-0.4, -0.2) is 28.8 Å². The van der Waals surface area contributed by atoms with Crippen LogP contribution in [0, 0.1) is 5.92 Å². The van der Waals surface area contributed by atoms with Gasteiger partial charge < -0.3 is 9.84 Å². The Morgan fingerprint density at radius 3 is 2.00 bits per heavy atom. The molecule has 0 aromatic heterocycles. The Morgan fingerprint density at radius 2 is 1.71 bits per heavy atom. The Labute approximate surface area is 96.8 Å². The average Bonchev–Trinajstić information content (AvgIpc) is 1.95. The van der Waals surface area contributed by atoms with Crippen molar-refractivity contribution in [2.45, 2.75) is 45.4 Å². The second-order valence-corrected chi connectivity index (χ2v) is 4.65. The van der Waals surface area contributed by atoms with Crippen LogP contribution in [0.5, 0.6) is 0 Å². The van der Waals surface area contributed by atoms with Crippen LogP contribution in [0.25, 0.3) is 0 Å². The van der Waals surface area contributed by atoms with Crippen LogP contribution in [0.3, 0.4) is 0 Å². The zero-order chi connectivity index (χ0) is 13.9. The normalized spacial score (nSPS) is 14.2. The molecule has 0 aliphatic heterocycles. The summed E-state index contributed by atoms with van der Waals surface area (Å²) in [7, 11) is 0. The Hall–Kier alpha value is -1.27. The molecule has 0 saturated carbocycles. The van der Waals surface area contributed by atoms with Crippen molar-refractivity contribution in [2.75, 3.05) is 0 Å². The highest BCUT2D eigenvalue weighted by atomic mass is 19.4. The number of aliphatic carboxylic acids is 1. The highest BCUT2D eigenvalue weighted by Crippen LogP contribution is 2.27. The highest BCUT2D eigenvalue weighted by molar-refractivity contribution is 5.79. The fourth-order valence-electron chi connectivity index (χ4n) is 1.11. The molecule has 7 heteroatoms. The third kappa shape index (κ3) is 8.53. The Morgan fingerprint density at radius 1 is 1.24 bits per heavy atom. The van der Waals surface area contributed by atoms with E-state index in [0.29, 0.717) is 0 Å². The number of carbonyl (C=O) groups is 2. The van der Waals surface area contributed by atoms with Crippen LogP contribution in [-0.2, 0) is 14.3 Å². The number of hydrogen-bond acceptors (Lipinski definition) is 3. The summed E-state index contributed by atoms with van der Waals surface area (Å²) in [6, 6.07) is 0. The molecule has 4 nitrogen and oxygen atoms in total. The molecule has 100 valence electrons. The summed E-state index contributed by atoms with van der Waals surface area (Å²) in [5.41, 5.74) is -0.849. The fraction of sp³-hybridized carbons (Fsp3) is 0.800. The lowest BCUT2D eigenvalue weighted by Crippen LogP contribution is -2.29.